The number of rotatable bonds is 5. The van der Waals surface area contributed by atoms with Crippen LogP contribution < -0.4 is 10.1 Å². The second kappa shape index (κ2) is 4.57. The normalized spacial score (nSPS) is 15.7. The molecule has 15 heavy (non-hydrogen) atoms. The molecule has 1 N–H and O–H groups in total. The van der Waals surface area contributed by atoms with Crippen molar-refractivity contribution >= 4 is 0 Å². The standard InChI is InChI=1S/C11H13F2NO/c12-11(13)15-10-5-1-8(2-6-10)7-14-9-3-4-9/h1-2,5-6,9,11,14H,3-4,7H2. The third kappa shape index (κ3) is 3.47. The highest BCUT2D eigenvalue weighted by Gasteiger charge is 2.19. The smallest absolute Gasteiger partial charge is 0.387 e. The van der Waals surface area contributed by atoms with Crippen molar-refractivity contribution in [2.45, 2.75) is 32.0 Å². The molecule has 0 aliphatic heterocycles. The zero-order valence-electron chi connectivity index (χ0n) is 8.25. The van der Waals surface area contributed by atoms with Crippen LogP contribution in [0.3, 0.4) is 0 Å². The van der Waals surface area contributed by atoms with E-state index in [1.807, 2.05) is 0 Å². The van der Waals surface area contributed by atoms with Gasteiger partial charge in [0.2, 0.25) is 0 Å². The monoisotopic (exact) mass is 213 g/mol. The average Bonchev–Trinajstić information content (AvgIpc) is 2.99. The van der Waals surface area contributed by atoms with Gasteiger partial charge in [-0.15, -0.1) is 0 Å². The molecule has 0 atom stereocenters. The summed E-state index contributed by atoms with van der Waals surface area (Å²) in [6, 6.07) is 7.38. The lowest BCUT2D eigenvalue weighted by atomic mass is 10.2. The number of nitrogens with one attached hydrogen (secondary N) is 1. The Balaban J connectivity index is 1.85. The predicted molar refractivity (Wildman–Crippen MR) is 52.9 cm³/mol. The Morgan fingerprint density at radius 3 is 2.47 bits per heavy atom. The highest BCUT2D eigenvalue weighted by Crippen LogP contribution is 2.20. The first-order valence-electron chi connectivity index (χ1n) is 5.01. The quantitative estimate of drug-likeness (QED) is 0.811. The molecule has 82 valence electrons. The van der Waals surface area contributed by atoms with Gasteiger partial charge in [0.15, 0.2) is 0 Å². The molecule has 0 radical (unpaired) electrons. The molecule has 0 aromatic heterocycles. The zero-order chi connectivity index (χ0) is 10.7. The summed E-state index contributed by atoms with van der Waals surface area (Å²) >= 11 is 0. The molecule has 0 amide bonds. The van der Waals surface area contributed by atoms with E-state index < -0.39 is 6.61 Å². The Bertz CT molecular complexity index is 309. The molecule has 0 spiro atoms. The molecule has 1 aromatic rings. The Morgan fingerprint density at radius 2 is 1.93 bits per heavy atom. The number of hydrogen-bond acceptors (Lipinski definition) is 2. The lowest BCUT2D eigenvalue weighted by Crippen LogP contribution is -2.15. The average molecular weight is 213 g/mol. The molecule has 2 nitrogen and oxygen atoms in total. The van der Waals surface area contributed by atoms with Gasteiger partial charge in [0, 0.05) is 12.6 Å². The van der Waals surface area contributed by atoms with E-state index in [4.69, 9.17) is 0 Å². The minimum Gasteiger partial charge on any atom is -0.435 e. The van der Waals surface area contributed by atoms with Crippen molar-refractivity contribution in [3.63, 3.8) is 0 Å². The Morgan fingerprint density at radius 1 is 1.27 bits per heavy atom. The summed E-state index contributed by atoms with van der Waals surface area (Å²) in [5.41, 5.74) is 1.09. The largest absolute Gasteiger partial charge is 0.435 e. The summed E-state index contributed by atoms with van der Waals surface area (Å²) in [4.78, 5) is 0. The third-order valence-corrected chi connectivity index (χ3v) is 2.32. The van der Waals surface area contributed by atoms with Crippen LogP contribution in [0.1, 0.15) is 18.4 Å². The van der Waals surface area contributed by atoms with Gasteiger partial charge in [-0.05, 0) is 30.5 Å². The van der Waals surface area contributed by atoms with Gasteiger partial charge >= 0.3 is 6.61 Å². The van der Waals surface area contributed by atoms with Crippen LogP contribution >= 0.6 is 0 Å². The van der Waals surface area contributed by atoms with Crippen LogP contribution in [0, 0.1) is 0 Å². The summed E-state index contributed by atoms with van der Waals surface area (Å²) in [5, 5.41) is 3.34. The Kier molecular flexibility index (Phi) is 3.16. The number of alkyl halides is 2. The molecule has 1 aromatic carbocycles. The fraction of sp³-hybridized carbons (Fsp3) is 0.455. The van der Waals surface area contributed by atoms with Gasteiger partial charge in [-0.3, -0.25) is 0 Å². The van der Waals surface area contributed by atoms with Crippen LogP contribution in [0.15, 0.2) is 24.3 Å². The van der Waals surface area contributed by atoms with Crippen LogP contribution in [0.5, 0.6) is 5.75 Å². The highest BCUT2D eigenvalue weighted by atomic mass is 19.3. The number of hydrogen-bond donors (Lipinski definition) is 1. The molecule has 1 aliphatic carbocycles. The molecule has 2 rings (SSSR count). The lowest BCUT2D eigenvalue weighted by molar-refractivity contribution is -0.0498. The maximum absolute atomic E-state index is 11.8. The van der Waals surface area contributed by atoms with E-state index >= 15 is 0 Å². The van der Waals surface area contributed by atoms with Gasteiger partial charge in [0.25, 0.3) is 0 Å². The highest BCUT2D eigenvalue weighted by molar-refractivity contribution is 5.27. The molecular formula is C11H13F2NO. The minimum atomic E-state index is -2.75. The van der Waals surface area contributed by atoms with Crippen LogP contribution in [0.25, 0.3) is 0 Å². The molecular weight excluding hydrogens is 200 g/mol. The summed E-state index contributed by atoms with van der Waals surface area (Å²) < 4.78 is 28.0. The van der Waals surface area contributed by atoms with Crippen LogP contribution in [-0.4, -0.2) is 12.7 Å². The van der Waals surface area contributed by atoms with Gasteiger partial charge in [-0.25, -0.2) is 0 Å². The van der Waals surface area contributed by atoms with E-state index in [0.717, 1.165) is 12.1 Å². The maximum Gasteiger partial charge on any atom is 0.387 e. The van der Waals surface area contributed by atoms with Crippen LogP contribution in [0.4, 0.5) is 8.78 Å². The van der Waals surface area contributed by atoms with Gasteiger partial charge in [0.05, 0.1) is 0 Å². The fourth-order valence-electron chi connectivity index (χ4n) is 1.34. The molecule has 0 heterocycles. The minimum absolute atomic E-state index is 0.208. The second-order valence-electron chi connectivity index (χ2n) is 3.68. The maximum atomic E-state index is 11.8. The van der Waals surface area contributed by atoms with Gasteiger partial charge in [-0.2, -0.15) is 8.78 Å². The van der Waals surface area contributed by atoms with Gasteiger partial charge in [0.1, 0.15) is 5.75 Å². The zero-order valence-corrected chi connectivity index (χ0v) is 8.25. The summed E-state index contributed by atoms with van der Waals surface area (Å²) in [7, 11) is 0. The SMILES string of the molecule is FC(F)Oc1ccc(CNC2CC2)cc1. The van der Waals surface area contributed by atoms with Crippen LogP contribution in [0.2, 0.25) is 0 Å². The lowest BCUT2D eigenvalue weighted by Gasteiger charge is -2.06. The summed E-state index contributed by atoms with van der Waals surface area (Å²) in [5.74, 6) is 0.208. The Labute approximate surface area is 87.2 Å². The van der Waals surface area contributed by atoms with E-state index in [1.54, 1.807) is 24.3 Å². The third-order valence-electron chi connectivity index (χ3n) is 2.32. The molecule has 0 bridgehead atoms. The molecule has 1 fully saturated rings. The van der Waals surface area contributed by atoms with Crippen molar-refractivity contribution in [1.82, 2.24) is 5.32 Å². The van der Waals surface area contributed by atoms with Crippen molar-refractivity contribution in [3.05, 3.63) is 29.8 Å². The first kappa shape index (κ1) is 10.4. The van der Waals surface area contributed by atoms with Crippen molar-refractivity contribution in [2.75, 3.05) is 0 Å². The number of halogens is 2. The Hall–Kier alpha value is -1.16. The van der Waals surface area contributed by atoms with Gasteiger partial charge < -0.3 is 10.1 Å². The number of benzene rings is 1. The number of ether oxygens (including phenoxy) is 1. The van der Waals surface area contributed by atoms with Gasteiger partial charge in [-0.1, -0.05) is 12.1 Å². The molecule has 0 unspecified atom stereocenters. The van der Waals surface area contributed by atoms with Crippen LogP contribution in [-0.2, 0) is 6.54 Å². The van der Waals surface area contributed by atoms with E-state index in [0.29, 0.717) is 6.04 Å². The fourth-order valence-corrected chi connectivity index (χ4v) is 1.34. The van der Waals surface area contributed by atoms with Crippen molar-refractivity contribution in [2.24, 2.45) is 0 Å². The van der Waals surface area contributed by atoms with E-state index in [1.165, 1.54) is 12.8 Å². The topological polar surface area (TPSA) is 21.3 Å². The first-order valence-corrected chi connectivity index (χ1v) is 5.01. The summed E-state index contributed by atoms with van der Waals surface area (Å²) in [6.45, 7) is -1.96. The van der Waals surface area contributed by atoms with Crippen molar-refractivity contribution in [3.8, 4) is 5.75 Å². The summed E-state index contributed by atoms with van der Waals surface area (Å²) in [6.07, 6.45) is 2.49. The van der Waals surface area contributed by atoms with E-state index in [-0.39, 0.29) is 5.75 Å². The van der Waals surface area contributed by atoms with E-state index in [2.05, 4.69) is 10.1 Å². The molecule has 1 aliphatic rings. The predicted octanol–water partition coefficient (Wildman–Crippen LogP) is 2.54. The van der Waals surface area contributed by atoms with Crippen molar-refractivity contribution < 1.29 is 13.5 Å². The van der Waals surface area contributed by atoms with E-state index in [9.17, 15) is 8.78 Å². The van der Waals surface area contributed by atoms with Crippen molar-refractivity contribution in [1.29, 1.82) is 0 Å². The second-order valence-corrected chi connectivity index (χ2v) is 3.68. The molecule has 4 heteroatoms. The first-order chi connectivity index (χ1) is 7.24. The molecule has 1 saturated carbocycles. The molecule has 0 saturated heterocycles.